The highest BCUT2D eigenvalue weighted by Gasteiger charge is 2.22. The molecule has 0 fully saturated rings. The van der Waals surface area contributed by atoms with E-state index in [2.05, 4.69) is 0 Å². The first-order chi connectivity index (χ1) is 13.0. The van der Waals surface area contributed by atoms with E-state index in [4.69, 9.17) is 4.74 Å². The van der Waals surface area contributed by atoms with Crippen LogP contribution in [0.1, 0.15) is 21.5 Å². The Hall–Kier alpha value is -3.18. The number of ether oxygens (including phenoxy) is 1. The molecule has 0 N–H and O–H groups in total. The van der Waals surface area contributed by atoms with E-state index >= 15 is 0 Å². The number of carbonyl (C=O) groups is 1. The molecule has 3 aromatic rings. The van der Waals surface area contributed by atoms with E-state index in [9.17, 15) is 13.2 Å². The second kappa shape index (κ2) is 8.01. The summed E-state index contributed by atoms with van der Waals surface area (Å²) in [6.45, 7) is 0. The molecule has 5 heteroatoms. The molecule has 0 bridgehead atoms. The minimum Gasteiger partial charge on any atom is -0.497 e. The van der Waals surface area contributed by atoms with Gasteiger partial charge in [0.05, 0.1) is 16.9 Å². The average Bonchev–Trinajstić information content (AvgIpc) is 2.73. The van der Waals surface area contributed by atoms with Crippen molar-refractivity contribution in [3.8, 4) is 5.75 Å². The maximum absolute atomic E-state index is 13.3. The molecule has 0 aliphatic rings. The third-order valence-corrected chi connectivity index (χ3v) is 5.91. The number of methoxy groups -OCH3 is 1. The van der Waals surface area contributed by atoms with Crippen LogP contribution in [0.4, 0.5) is 0 Å². The Morgan fingerprint density at radius 2 is 1.41 bits per heavy atom. The van der Waals surface area contributed by atoms with Crippen LogP contribution in [0.15, 0.2) is 83.8 Å². The van der Waals surface area contributed by atoms with Gasteiger partial charge in [-0.2, -0.15) is 0 Å². The van der Waals surface area contributed by atoms with Crippen molar-refractivity contribution in [2.24, 2.45) is 0 Å². The number of aldehydes is 1. The number of rotatable bonds is 6. The molecule has 3 aromatic carbocycles. The molecular weight excluding hydrogens is 360 g/mol. The number of benzene rings is 3. The Bertz CT molecular complexity index is 1050. The summed E-state index contributed by atoms with van der Waals surface area (Å²) in [5.74, 6) is 0.644. The molecule has 0 unspecified atom stereocenters. The molecule has 0 atom stereocenters. The van der Waals surface area contributed by atoms with Crippen molar-refractivity contribution in [3.63, 3.8) is 0 Å². The van der Waals surface area contributed by atoms with Crippen molar-refractivity contribution < 1.29 is 17.9 Å². The van der Waals surface area contributed by atoms with Gasteiger partial charge >= 0.3 is 0 Å². The number of hydrogen-bond donors (Lipinski definition) is 0. The summed E-state index contributed by atoms with van der Waals surface area (Å²) in [6, 6.07) is 21.9. The lowest BCUT2D eigenvalue weighted by Gasteiger charge is -2.11. The van der Waals surface area contributed by atoms with Gasteiger partial charge in [0.1, 0.15) is 12.0 Å². The van der Waals surface area contributed by atoms with Crippen molar-refractivity contribution in [2.45, 2.75) is 4.90 Å². The molecule has 0 amide bonds. The molecule has 0 aliphatic carbocycles. The predicted molar refractivity (Wildman–Crippen MR) is 106 cm³/mol. The zero-order chi connectivity index (χ0) is 19.3. The van der Waals surface area contributed by atoms with Crippen LogP contribution in [0.2, 0.25) is 0 Å². The van der Waals surface area contributed by atoms with Gasteiger partial charge in [-0.05, 0) is 53.6 Å². The molecular formula is C22H18O4S. The summed E-state index contributed by atoms with van der Waals surface area (Å²) in [5.41, 5.74) is 1.77. The first-order valence-corrected chi connectivity index (χ1v) is 9.74. The van der Waals surface area contributed by atoms with Gasteiger partial charge < -0.3 is 4.74 Å². The third kappa shape index (κ3) is 4.15. The Labute approximate surface area is 158 Å². The smallest absolute Gasteiger partial charge is 0.207 e. The predicted octanol–water partition coefficient (Wildman–Crippen LogP) is 4.48. The van der Waals surface area contributed by atoms with Crippen molar-refractivity contribution in [1.82, 2.24) is 0 Å². The zero-order valence-electron chi connectivity index (χ0n) is 14.7. The molecule has 0 heterocycles. The second-order valence-corrected chi connectivity index (χ2v) is 7.76. The molecule has 0 saturated carbocycles. The fourth-order valence-corrected chi connectivity index (χ4v) is 4.13. The van der Waals surface area contributed by atoms with E-state index in [0.717, 1.165) is 6.29 Å². The van der Waals surface area contributed by atoms with Crippen LogP contribution in [-0.4, -0.2) is 21.8 Å². The van der Waals surface area contributed by atoms with Crippen LogP contribution in [0.3, 0.4) is 0 Å². The lowest BCUT2D eigenvalue weighted by molar-refractivity contribution is 0.112. The summed E-state index contributed by atoms with van der Waals surface area (Å²) in [5, 5.41) is 0. The molecule has 27 heavy (non-hydrogen) atoms. The van der Waals surface area contributed by atoms with Crippen molar-refractivity contribution in [3.05, 3.63) is 95.6 Å². The van der Waals surface area contributed by atoms with E-state index in [0.29, 0.717) is 22.4 Å². The van der Waals surface area contributed by atoms with Crippen LogP contribution in [0.25, 0.3) is 11.0 Å². The zero-order valence-corrected chi connectivity index (χ0v) is 15.5. The van der Waals surface area contributed by atoms with Gasteiger partial charge in [0.2, 0.25) is 9.84 Å². The Kier molecular flexibility index (Phi) is 5.52. The van der Waals surface area contributed by atoms with Crippen LogP contribution in [0, 0.1) is 0 Å². The van der Waals surface area contributed by atoms with E-state index in [1.165, 1.54) is 0 Å². The van der Waals surface area contributed by atoms with E-state index in [1.54, 1.807) is 92.0 Å². The lowest BCUT2D eigenvalue weighted by Crippen LogP contribution is -2.04. The topological polar surface area (TPSA) is 60.4 Å². The Morgan fingerprint density at radius 3 is 1.96 bits per heavy atom. The van der Waals surface area contributed by atoms with Crippen molar-refractivity contribution >= 4 is 27.1 Å². The largest absolute Gasteiger partial charge is 0.497 e. The summed E-state index contributed by atoms with van der Waals surface area (Å²) in [6.07, 6.45) is 2.36. The Balaban J connectivity index is 2.15. The molecule has 4 nitrogen and oxygen atoms in total. The quantitative estimate of drug-likeness (QED) is 0.469. The van der Waals surface area contributed by atoms with Crippen LogP contribution in [-0.2, 0) is 9.84 Å². The van der Waals surface area contributed by atoms with E-state index in [-0.39, 0.29) is 9.80 Å². The summed E-state index contributed by atoms with van der Waals surface area (Å²) >= 11 is 0. The van der Waals surface area contributed by atoms with Crippen LogP contribution < -0.4 is 4.74 Å². The fraction of sp³-hybridized carbons (Fsp3) is 0.0455. The normalized spacial score (nSPS) is 11.8. The minimum atomic E-state index is -3.74. The minimum absolute atomic E-state index is 0.176. The highest BCUT2D eigenvalue weighted by Crippen LogP contribution is 2.31. The lowest BCUT2D eigenvalue weighted by atomic mass is 10.1. The summed E-state index contributed by atoms with van der Waals surface area (Å²) < 4.78 is 31.7. The molecule has 0 radical (unpaired) electrons. The first kappa shape index (κ1) is 18.6. The van der Waals surface area contributed by atoms with Gasteiger partial charge in [0.15, 0.2) is 0 Å². The van der Waals surface area contributed by atoms with Crippen molar-refractivity contribution in [1.29, 1.82) is 0 Å². The highest BCUT2D eigenvalue weighted by molar-refractivity contribution is 8.00. The van der Waals surface area contributed by atoms with Gasteiger partial charge in [0, 0.05) is 5.56 Å². The monoisotopic (exact) mass is 378 g/mol. The molecule has 0 aliphatic heterocycles. The Morgan fingerprint density at radius 1 is 0.815 bits per heavy atom. The fourth-order valence-electron chi connectivity index (χ4n) is 2.62. The summed E-state index contributed by atoms with van der Waals surface area (Å²) in [7, 11) is -2.18. The maximum Gasteiger partial charge on any atom is 0.207 e. The SMILES string of the molecule is COc1ccc(/C(=C\c2ccc(C=O)cc2)S(=O)(=O)c2ccccc2)cc1. The second-order valence-electron chi connectivity index (χ2n) is 5.84. The standard InChI is InChI=1S/C22H18O4S/c1-26-20-13-11-19(12-14-20)22(15-17-7-9-18(16-23)10-8-17)27(24,25)21-5-3-2-4-6-21/h2-16H,1H3/b22-15+. The molecule has 0 saturated heterocycles. The molecule has 0 spiro atoms. The van der Waals surface area contributed by atoms with Gasteiger partial charge in [-0.1, -0.05) is 42.5 Å². The average molecular weight is 378 g/mol. The van der Waals surface area contributed by atoms with Crippen LogP contribution in [0.5, 0.6) is 5.75 Å². The third-order valence-electron chi connectivity index (χ3n) is 4.09. The first-order valence-electron chi connectivity index (χ1n) is 8.26. The number of carbonyl (C=O) groups excluding carboxylic acids is 1. The highest BCUT2D eigenvalue weighted by atomic mass is 32.2. The van der Waals surface area contributed by atoms with Gasteiger partial charge in [-0.25, -0.2) is 8.42 Å². The van der Waals surface area contributed by atoms with E-state index < -0.39 is 9.84 Å². The molecule has 136 valence electrons. The maximum atomic E-state index is 13.3. The molecule has 0 aromatic heterocycles. The summed E-state index contributed by atoms with van der Waals surface area (Å²) in [4.78, 5) is 11.2. The van der Waals surface area contributed by atoms with Gasteiger partial charge in [0.25, 0.3) is 0 Å². The number of sulfone groups is 1. The van der Waals surface area contributed by atoms with Crippen LogP contribution >= 0.6 is 0 Å². The van der Waals surface area contributed by atoms with Gasteiger partial charge in [-0.3, -0.25) is 4.79 Å². The van der Waals surface area contributed by atoms with Crippen molar-refractivity contribution in [2.75, 3.05) is 7.11 Å². The van der Waals surface area contributed by atoms with Gasteiger partial charge in [-0.15, -0.1) is 0 Å². The number of hydrogen-bond acceptors (Lipinski definition) is 4. The van der Waals surface area contributed by atoms with E-state index in [1.807, 2.05) is 0 Å². The molecule has 3 rings (SSSR count).